The van der Waals surface area contributed by atoms with E-state index in [1.54, 1.807) is 0 Å². The minimum atomic E-state index is 0.111. The molecule has 2 aromatic heterocycles. The maximum atomic E-state index is 4.84. The first-order valence-corrected chi connectivity index (χ1v) is 16.7. The van der Waals surface area contributed by atoms with Crippen LogP contribution in [0.4, 0.5) is 0 Å². The van der Waals surface area contributed by atoms with Crippen molar-refractivity contribution < 1.29 is 0 Å². The van der Waals surface area contributed by atoms with Gasteiger partial charge in [-0.25, -0.2) is 4.98 Å². The Kier molecular flexibility index (Phi) is 7.14. The van der Waals surface area contributed by atoms with Gasteiger partial charge in [0.15, 0.2) is 0 Å². The molecule has 0 radical (unpaired) electrons. The highest BCUT2D eigenvalue weighted by Gasteiger charge is 2.20. The van der Waals surface area contributed by atoms with Gasteiger partial charge < -0.3 is 4.57 Å². The Balaban J connectivity index is 1.29. The number of aryl methyl sites for hydroxylation is 2. The van der Waals surface area contributed by atoms with Gasteiger partial charge in [-0.05, 0) is 107 Å². The number of aromatic nitrogens is 3. The minimum absolute atomic E-state index is 0.111. The summed E-state index contributed by atoms with van der Waals surface area (Å²) in [5, 5.41) is 2.50. The van der Waals surface area contributed by atoms with Gasteiger partial charge in [0.05, 0.1) is 16.7 Å². The maximum Gasteiger partial charge on any atom is 0.144 e. The normalized spacial score (nSPS) is 11.9. The average Bonchev–Trinajstić information content (AvgIpc) is 3.72. The Morgan fingerprint density at radius 2 is 1.04 bits per heavy atom. The molecule has 0 amide bonds. The van der Waals surface area contributed by atoms with Crippen LogP contribution < -0.4 is 0 Å². The zero-order valence-corrected chi connectivity index (χ0v) is 28.2. The van der Waals surface area contributed by atoms with Crippen molar-refractivity contribution in [1.82, 2.24) is 14.1 Å². The van der Waals surface area contributed by atoms with Crippen molar-refractivity contribution in [2.75, 3.05) is 0 Å². The Morgan fingerprint density at radius 3 is 1.54 bits per heavy atom. The third kappa shape index (κ3) is 5.12. The second kappa shape index (κ2) is 11.5. The number of rotatable bonds is 5. The van der Waals surface area contributed by atoms with E-state index in [9.17, 15) is 0 Å². The Morgan fingerprint density at radius 1 is 0.521 bits per heavy atom. The third-order valence-electron chi connectivity index (χ3n) is 9.60. The van der Waals surface area contributed by atoms with E-state index in [0.29, 0.717) is 0 Å². The molecule has 6 aromatic carbocycles. The lowest BCUT2D eigenvalue weighted by Gasteiger charge is -2.20. The van der Waals surface area contributed by atoms with E-state index >= 15 is 0 Å². The van der Waals surface area contributed by atoms with Gasteiger partial charge >= 0.3 is 0 Å². The molecule has 3 heteroatoms. The molecule has 2 heterocycles. The van der Waals surface area contributed by atoms with Crippen LogP contribution >= 0.6 is 0 Å². The molecule has 0 aliphatic heterocycles. The predicted molar refractivity (Wildman–Crippen MR) is 202 cm³/mol. The average molecular weight is 622 g/mol. The molecule has 0 saturated carbocycles. The molecular weight excluding hydrogens is 583 g/mol. The van der Waals surface area contributed by atoms with Gasteiger partial charge in [0.25, 0.3) is 0 Å². The van der Waals surface area contributed by atoms with Crippen LogP contribution in [0.15, 0.2) is 146 Å². The first-order valence-electron chi connectivity index (χ1n) is 16.7. The lowest BCUT2D eigenvalue weighted by molar-refractivity contribution is 0.590. The second-order valence-electron chi connectivity index (χ2n) is 13.9. The van der Waals surface area contributed by atoms with Crippen LogP contribution in [-0.2, 0) is 5.41 Å². The molecule has 234 valence electrons. The van der Waals surface area contributed by atoms with Crippen LogP contribution in [0.2, 0.25) is 0 Å². The first kappa shape index (κ1) is 29.7. The molecular formula is C45H39N3. The number of benzene rings is 6. The van der Waals surface area contributed by atoms with E-state index in [2.05, 4.69) is 183 Å². The first-order chi connectivity index (χ1) is 23.3. The third-order valence-corrected chi connectivity index (χ3v) is 9.60. The molecule has 3 nitrogen and oxygen atoms in total. The zero-order chi connectivity index (χ0) is 33.0. The van der Waals surface area contributed by atoms with Crippen LogP contribution in [0.5, 0.6) is 0 Å². The van der Waals surface area contributed by atoms with Gasteiger partial charge in [0.2, 0.25) is 0 Å². The lowest BCUT2D eigenvalue weighted by atomic mass is 9.87. The molecule has 0 aliphatic rings. The van der Waals surface area contributed by atoms with Crippen molar-refractivity contribution in [3.05, 3.63) is 163 Å². The second-order valence-corrected chi connectivity index (χ2v) is 13.9. The lowest BCUT2D eigenvalue weighted by Crippen LogP contribution is -2.10. The quantitative estimate of drug-likeness (QED) is 0.187. The summed E-state index contributed by atoms with van der Waals surface area (Å²) in [4.78, 5) is 4.84. The van der Waals surface area contributed by atoms with E-state index in [1.165, 1.54) is 66.4 Å². The molecule has 8 aromatic rings. The zero-order valence-electron chi connectivity index (χ0n) is 28.2. The standard InChI is InChI=1S/C45H39N3/c1-30-26-36(44-46-24-25-47(44)38-20-18-37(19-21-38)45(3,4)5)27-31(2)43(30)48-41-22-16-34(32-12-8-6-9-13-32)28-39(41)40-29-35(17-23-42(40)48)33-14-10-7-11-15-33/h6-29H,1-5H3. The molecule has 0 saturated heterocycles. The number of fused-ring (bicyclic) bond motifs is 3. The SMILES string of the molecule is Cc1cc(-c2nccn2-c2ccc(C(C)(C)C)cc2)cc(C)c1-n1c2ccc(-c3ccccc3)cc2c2cc(-c3ccccc3)ccc21. The molecule has 0 spiro atoms. The van der Waals surface area contributed by atoms with E-state index in [0.717, 1.165) is 17.1 Å². The number of hydrogen-bond donors (Lipinski definition) is 0. The smallest absolute Gasteiger partial charge is 0.144 e. The highest BCUT2D eigenvalue weighted by atomic mass is 15.1. The molecule has 0 fully saturated rings. The predicted octanol–water partition coefficient (Wildman–Crippen LogP) is 11.9. The largest absolute Gasteiger partial charge is 0.309 e. The molecule has 0 aliphatic carbocycles. The topological polar surface area (TPSA) is 22.8 Å². The summed E-state index contributed by atoms with van der Waals surface area (Å²) in [5.74, 6) is 0.943. The van der Waals surface area contributed by atoms with Gasteiger partial charge in [-0.2, -0.15) is 0 Å². The fourth-order valence-corrected chi connectivity index (χ4v) is 7.17. The monoisotopic (exact) mass is 621 g/mol. The molecule has 0 N–H and O–H groups in total. The van der Waals surface area contributed by atoms with Crippen molar-refractivity contribution in [2.45, 2.75) is 40.0 Å². The van der Waals surface area contributed by atoms with Crippen molar-refractivity contribution in [1.29, 1.82) is 0 Å². The molecule has 48 heavy (non-hydrogen) atoms. The fourth-order valence-electron chi connectivity index (χ4n) is 7.17. The van der Waals surface area contributed by atoms with Crippen molar-refractivity contribution >= 4 is 21.8 Å². The van der Waals surface area contributed by atoms with Crippen molar-refractivity contribution in [2.24, 2.45) is 0 Å². The van der Waals surface area contributed by atoms with Crippen LogP contribution in [0.1, 0.15) is 37.5 Å². The van der Waals surface area contributed by atoms with Crippen molar-refractivity contribution in [3.8, 4) is 45.0 Å². The summed E-state index contributed by atoms with van der Waals surface area (Å²) >= 11 is 0. The van der Waals surface area contributed by atoms with Crippen molar-refractivity contribution in [3.63, 3.8) is 0 Å². The van der Waals surface area contributed by atoms with Crippen LogP contribution in [-0.4, -0.2) is 14.1 Å². The molecule has 0 bridgehead atoms. The van der Waals surface area contributed by atoms with Gasteiger partial charge in [0, 0.05) is 34.4 Å². The van der Waals surface area contributed by atoms with Gasteiger partial charge in [-0.3, -0.25) is 4.57 Å². The van der Waals surface area contributed by atoms with E-state index in [4.69, 9.17) is 4.98 Å². The van der Waals surface area contributed by atoms with Gasteiger partial charge in [0.1, 0.15) is 5.82 Å². The Labute approximate surface area is 282 Å². The maximum absolute atomic E-state index is 4.84. The van der Waals surface area contributed by atoms with Crippen LogP contribution in [0.3, 0.4) is 0 Å². The van der Waals surface area contributed by atoms with Crippen LogP contribution in [0, 0.1) is 13.8 Å². The molecule has 0 atom stereocenters. The van der Waals surface area contributed by atoms with Gasteiger partial charge in [-0.1, -0.05) is 106 Å². The minimum Gasteiger partial charge on any atom is -0.309 e. The van der Waals surface area contributed by atoms with E-state index in [1.807, 2.05) is 6.20 Å². The summed E-state index contributed by atoms with van der Waals surface area (Å²) in [6, 6.07) is 48.6. The Bertz CT molecular complexity index is 2300. The van der Waals surface area contributed by atoms with E-state index < -0.39 is 0 Å². The van der Waals surface area contributed by atoms with E-state index in [-0.39, 0.29) is 5.41 Å². The van der Waals surface area contributed by atoms with Gasteiger partial charge in [-0.15, -0.1) is 0 Å². The summed E-state index contributed by atoms with van der Waals surface area (Å²) in [6.07, 6.45) is 3.95. The highest BCUT2D eigenvalue weighted by Crippen LogP contribution is 2.39. The highest BCUT2D eigenvalue weighted by molar-refractivity contribution is 6.12. The van der Waals surface area contributed by atoms with Crippen LogP contribution in [0.25, 0.3) is 66.8 Å². The molecule has 0 unspecified atom stereocenters. The fraction of sp³-hybridized carbons (Fsp3) is 0.133. The summed E-state index contributed by atoms with van der Waals surface area (Å²) in [5.41, 5.74) is 14.6. The summed E-state index contributed by atoms with van der Waals surface area (Å²) < 4.78 is 4.65. The number of nitrogens with zero attached hydrogens (tertiary/aromatic N) is 3. The number of imidazole rings is 1. The Hall–Kier alpha value is -5.67. The number of hydrogen-bond acceptors (Lipinski definition) is 1. The molecule has 8 rings (SSSR count). The summed E-state index contributed by atoms with van der Waals surface area (Å²) in [7, 11) is 0. The summed E-state index contributed by atoms with van der Waals surface area (Å²) in [6.45, 7) is 11.2.